The van der Waals surface area contributed by atoms with Crippen LogP contribution in [0, 0.1) is 23.7 Å². The van der Waals surface area contributed by atoms with Crippen LogP contribution in [0.2, 0.25) is 0 Å². The van der Waals surface area contributed by atoms with E-state index in [1.165, 1.54) is 28.0 Å². The first-order valence-corrected chi connectivity index (χ1v) is 13.6. The van der Waals surface area contributed by atoms with Crippen molar-refractivity contribution in [1.29, 1.82) is 0 Å². The number of aromatic nitrogens is 1. The predicted octanol–water partition coefficient (Wildman–Crippen LogP) is 1.81. The summed E-state index contributed by atoms with van der Waals surface area (Å²) in [4.78, 5) is 45.5. The van der Waals surface area contributed by atoms with Gasteiger partial charge in [-0.1, -0.05) is 20.8 Å². The predicted molar refractivity (Wildman–Crippen MR) is 134 cm³/mol. The van der Waals surface area contributed by atoms with E-state index in [-0.39, 0.29) is 41.3 Å². The van der Waals surface area contributed by atoms with Crippen LogP contribution in [0.4, 0.5) is 10.9 Å². The molecule has 5 atom stereocenters. The lowest BCUT2D eigenvalue weighted by atomic mass is 9.79. The third kappa shape index (κ3) is 4.81. The number of amides is 2. The second-order valence-corrected chi connectivity index (χ2v) is 12.1. The van der Waals surface area contributed by atoms with E-state index in [1.54, 1.807) is 12.3 Å². The van der Waals surface area contributed by atoms with Gasteiger partial charge in [0.1, 0.15) is 11.5 Å². The lowest BCUT2D eigenvalue weighted by Gasteiger charge is -2.46. The molecule has 2 saturated heterocycles. The van der Waals surface area contributed by atoms with Crippen molar-refractivity contribution in [2.45, 2.75) is 51.5 Å². The molecule has 0 spiro atoms. The fraction of sp³-hybridized carbons (Fsp3) is 0.652. The van der Waals surface area contributed by atoms with E-state index < -0.39 is 23.9 Å². The highest BCUT2D eigenvalue weighted by molar-refractivity contribution is 8.03. The Bertz CT molecular complexity index is 1030. The Hall–Kier alpha value is -2.15. The van der Waals surface area contributed by atoms with Gasteiger partial charge in [-0.2, -0.15) is 0 Å². The van der Waals surface area contributed by atoms with Crippen molar-refractivity contribution in [2.24, 2.45) is 23.7 Å². The zero-order valence-electron chi connectivity index (χ0n) is 20.2. The molecule has 10 nitrogen and oxygen atoms in total. The summed E-state index contributed by atoms with van der Waals surface area (Å²) >= 11 is 2.91. The molecule has 3 aliphatic rings. The van der Waals surface area contributed by atoms with Crippen molar-refractivity contribution in [3.05, 3.63) is 16.0 Å². The molecule has 4 N–H and O–H groups in total. The van der Waals surface area contributed by atoms with Crippen LogP contribution in [0.5, 0.6) is 0 Å². The molecule has 0 aromatic carbocycles. The molecule has 1 aromatic rings. The number of nitrogens with one attached hydrogen (secondary N) is 1. The number of anilines is 2. The fourth-order valence-corrected chi connectivity index (χ4v) is 7.35. The van der Waals surface area contributed by atoms with Gasteiger partial charge in [0.25, 0.3) is 0 Å². The Morgan fingerprint density at radius 1 is 1.31 bits per heavy atom. The smallest absolute Gasteiger partial charge is 0.353 e. The van der Waals surface area contributed by atoms with Gasteiger partial charge >= 0.3 is 5.97 Å². The molecule has 0 aliphatic carbocycles. The highest BCUT2D eigenvalue weighted by atomic mass is 32.2. The molecule has 192 valence electrons. The van der Waals surface area contributed by atoms with E-state index in [2.05, 4.69) is 15.2 Å². The molecule has 4 heterocycles. The summed E-state index contributed by atoms with van der Waals surface area (Å²) in [5.74, 6) is -2.12. The van der Waals surface area contributed by atoms with Crippen molar-refractivity contribution in [1.82, 2.24) is 9.88 Å². The van der Waals surface area contributed by atoms with E-state index in [9.17, 15) is 29.7 Å². The van der Waals surface area contributed by atoms with Crippen LogP contribution in [-0.4, -0.2) is 80.1 Å². The first-order valence-electron chi connectivity index (χ1n) is 11.8. The van der Waals surface area contributed by atoms with Gasteiger partial charge in [0.2, 0.25) is 11.8 Å². The molecule has 0 radical (unpaired) electrons. The molecular weight excluding hydrogens is 492 g/mol. The van der Waals surface area contributed by atoms with Crippen molar-refractivity contribution in [3.8, 4) is 0 Å². The van der Waals surface area contributed by atoms with Crippen molar-refractivity contribution >= 4 is 51.8 Å². The Kier molecular flexibility index (Phi) is 7.46. The maximum absolute atomic E-state index is 12.5. The molecular formula is C23H32N4O6S2. The number of hydrogen-bond donors (Lipinski definition) is 4. The van der Waals surface area contributed by atoms with Crippen LogP contribution in [-0.2, 0) is 14.4 Å². The number of aliphatic hydroxyl groups excluding tert-OH is 2. The SMILES string of the molecule is CC(C)C[C@@H](CO)C(=O)Nc1csc(N2CC(SC3=C(C(=O)O)N4C(=O)[C@H]([C@@H](C)O)[C@H]4[C@H]3C)C2)n1. The summed E-state index contributed by atoms with van der Waals surface area (Å²) in [7, 11) is 0. The molecule has 3 aliphatic heterocycles. The Balaban J connectivity index is 1.36. The number of fused-ring (bicyclic) bond motifs is 1. The van der Waals surface area contributed by atoms with E-state index in [1.807, 2.05) is 20.8 Å². The first kappa shape index (κ1) is 25.9. The largest absolute Gasteiger partial charge is 0.477 e. The third-order valence-corrected chi connectivity index (χ3v) is 9.17. The summed E-state index contributed by atoms with van der Waals surface area (Å²) in [5.41, 5.74) is 0.0481. The van der Waals surface area contributed by atoms with Gasteiger partial charge in [0.15, 0.2) is 5.13 Å². The normalized spacial score (nSPS) is 25.9. The monoisotopic (exact) mass is 524 g/mol. The first-order chi connectivity index (χ1) is 16.5. The molecule has 0 bridgehead atoms. The van der Waals surface area contributed by atoms with Gasteiger partial charge < -0.3 is 30.4 Å². The number of rotatable bonds is 10. The Labute approximate surface area is 212 Å². The minimum atomic E-state index is -1.12. The topological polar surface area (TPSA) is 143 Å². The summed E-state index contributed by atoms with van der Waals surface area (Å²) in [6.07, 6.45) is -0.221. The third-order valence-electron chi connectivity index (χ3n) is 6.81. The van der Waals surface area contributed by atoms with E-state index in [4.69, 9.17) is 0 Å². The highest BCUT2D eigenvalue weighted by Gasteiger charge is 2.60. The molecule has 0 saturated carbocycles. The van der Waals surface area contributed by atoms with Crippen LogP contribution in [0.25, 0.3) is 0 Å². The van der Waals surface area contributed by atoms with E-state index >= 15 is 0 Å². The number of β-lactam (4-membered cyclic amide) rings is 1. The van der Waals surface area contributed by atoms with Gasteiger partial charge in [-0.15, -0.1) is 23.1 Å². The molecule has 2 fully saturated rings. The number of carboxylic acid groups (broad SMARTS) is 1. The van der Waals surface area contributed by atoms with Gasteiger partial charge in [-0.05, 0) is 19.3 Å². The summed E-state index contributed by atoms with van der Waals surface area (Å²) in [5, 5.41) is 34.8. The van der Waals surface area contributed by atoms with Crippen LogP contribution >= 0.6 is 23.1 Å². The zero-order valence-corrected chi connectivity index (χ0v) is 21.8. The van der Waals surface area contributed by atoms with Gasteiger partial charge in [-0.25, -0.2) is 9.78 Å². The van der Waals surface area contributed by atoms with Crippen LogP contribution in [0.3, 0.4) is 0 Å². The summed E-state index contributed by atoms with van der Waals surface area (Å²) < 4.78 is 0. The van der Waals surface area contributed by atoms with Crippen LogP contribution < -0.4 is 10.2 Å². The van der Waals surface area contributed by atoms with Crippen LogP contribution in [0.15, 0.2) is 16.0 Å². The van der Waals surface area contributed by atoms with Crippen molar-refractivity contribution < 1.29 is 29.7 Å². The molecule has 1 aromatic heterocycles. The molecule has 2 amide bonds. The number of aliphatic hydroxyl groups is 2. The fourth-order valence-electron chi connectivity index (χ4n) is 5.06. The van der Waals surface area contributed by atoms with E-state index in [0.717, 1.165) is 5.13 Å². The second-order valence-electron chi connectivity index (χ2n) is 9.93. The average Bonchev–Trinajstić information content (AvgIpc) is 3.28. The Morgan fingerprint density at radius 2 is 2.00 bits per heavy atom. The number of hydrogen-bond acceptors (Lipinski definition) is 9. The maximum atomic E-state index is 12.5. The van der Waals surface area contributed by atoms with Crippen LogP contribution in [0.1, 0.15) is 34.1 Å². The number of carboxylic acids is 1. The lowest BCUT2D eigenvalue weighted by molar-refractivity contribution is -0.163. The van der Waals surface area contributed by atoms with Gasteiger partial charge in [0, 0.05) is 34.5 Å². The number of thiazole rings is 1. The molecule has 4 rings (SSSR count). The minimum absolute atomic E-state index is 0.0481. The maximum Gasteiger partial charge on any atom is 0.353 e. The minimum Gasteiger partial charge on any atom is -0.477 e. The lowest BCUT2D eigenvalue weighted by Crippen LogP contribution is -2.63. The number of carbonyl (C=O) groups is 3. The average molecular weight is 525 g/mol. The quantitative estimate of drug-likeness (QED) is 0.337. The number of aliphatic carboxylic acids is 1. The molecule has 12 heteroatoms. The second kappa shape index (κ2) is 10.1. The molecule has 35 heavy (non-hydrogen) atoms. The molecule has 0 unspecified atom stereocenters. The van der Waals surface area contributed by atoms with E-state index in [0.29, 0.717) is 36.2 Å². The summed E-state index contributed by atoms with van der Waals surface area (Å²) in [6, 6.07) is -0.309. The Morgan fingerprint density at radius 3 is 2.57 bits per heavy atom. The number of carbonyl (C=O) groups excluding carboxylic acids is 2. The van der Waals surface area contributed by atoms with Crippen molar-refractivity contribution in [3.63, 3.8) is 0 Å². The zero-order chi connectivity index (χ0) is 25.6. The van der Waals surface area contributed by atoms with Gasteiger partial charge in [-0.3, -0.25) is 9.59 Å². The standard InChI is InChI=1S/C23H32N4O6S2/c1-10(2)5-13(8-28)20(30)24-15-9-34-23(25-15)26-6-14(7-26)35-19-11(3)17-16(12(4)29)21(31)27(17)18(19)22(32)33/h9-14,16-17,28-29H,5-8H2,1-4H3,(H,24,30)(H,32,33)/t11-,12-,13+,16-,17-/m1/s1. The van der Waals surface area contributed by atoms with Crippen molar-refractivity contribution in [2.75, 3.05) is 29.9 Å². The summed E-state index contributed by atoms with van der Waals surface area (Å²) in [6.45, 7) is 8.62. The highest BCUT2D eigenvalue weighted by Crippen LogP contribution is 2.52. The number of nitrogens with zero attached hydrogens (tertiary/aromatic N) is 3. The number of thioether (sulfide) groups is 1. The van der Waals surface area contributed by atoms with Gasteiger partial charge in [0.05, 0.1) is 30.6 Å².